The summed E-state index contributed by atoms with van der Waals surface area (Å²) in [5.74, 6) is 1.34. The molecule has 0 fully saturated rings. The second-order valence-corrected chi connectivity index (χ2v) is 8.01. The molecule has 0 amide bonds. The van der Waals surface area contributed by atoms with E-state index in [0.29, 0.717) is 44.6 Å². The summed E-state index contributed by atoms with van der Waals surface area (Å²) in [5.41, 5.74) is 2.07. The first-order valence-electron chi connectivity index (χ1n) is 8.75. The largest absolute Gasteiger partial charge is 0.484 e. The first kappa shape index (κ1) is 18.3. The lowest BCUT2D eigenvalue weighted by molar-refractivity contribution is -0.0499. The van der Waals surface area contributed by atoms with Crippen LogP contribution in [-0.2, 0) is 0 Å². The highest BCUT2D eigenvalue weighted by Crippen LogP contribution is 2.44. The van der Waals surface area contributed by atoms with E-state index < -0.39 is 6.61 Å². The molecule has 5 rings (SSSR count). The van der Waals surface area contributed by atoms with Crippen LogP contribution in [0.5, 0.6) is 17.2 Å². The van der Waals surface area contributed by atoms with E-state index in [1.807, 2.05) is 19.1 Å². The topological polar surface area (TPSA) is 53.5 Å². The molecular formula is C20H13ClF2N2O3S. The standard InChI is InChI=1S/C20H13ClF2N2O3S/c1-9-8-26-17-15(27-9)3-2-14-18(17)29-19(25-14)13-6-11(21)4-10-5-12(28-20(22)23)7-24-16(10)13/h2-7,9,20H,8H2,1H3/t9-/m1/s1. The third-order valence-corrected chi connectivity index (χ3v) is 5.77. The molecule has 0 bridgehead atoms. The van der Waals surface area contributed by atoms with E-state index in [1.54, 1.807) is 12.1 Å². The van der Waals surface area contributed by atoms with Crippen LogP contribution in [0.15, 0.2) is 36.5 Å². The summed E-state index contributed by atoms with van der Waals surface area (Å²) in [6.45, 7) is -0.511. The molecule has 2 aromatic heterocycles. The predicted octanol–water partition coefficient (Wildman–Crippen LogP) is 5.93. The smallest absolute Gasteiger partial charge is 0.387 e. The van der Waals surface area contributed by atoms with E-state index in [2.05, 4.69) is 9.72 Å². The number of ether oxygens (including phenoxy) is 3. The van der Waals surface area contributed by atoms with Crippen molar-refractivity contribution in [3.63, 3.8) is 0 Å². The average Bonchev–Trinajstić information content (AvgIpc) is 3.10. The van der Waals surface area contributed by atoms with Crippen LogP contribution < -0.4 is 14.2 Å². The minimum Gasteiger partial charge on any atom is -0.484 e. The van der Waals surface area contributed by atoms with Crippen molar-refractivity contribution in [1.82, 2.24) is 9.97 Å². The van der Waals surface area contributed by atoms with Crippen LogP contribution in [0.2, 0.25) is 5.02 Å². The fourth-order valence-corrected chi connectivity index (χ4v) is 4.57. The van der Waals surface area contributed by atoms with E-state index in [1.165, 1.54) is 23.6 Å². The molecule has 1 aliphatic rings. The summed E-state index contributed by atoms with van der Waals surface area (Å²) >= 11 is 7.72. The molecular weight excluding hydrogens is 422 g/mol. The lowest BCUT2D eigenvalue weighted by Crippen LogP contribution is -2.25. The van der Waals surface area contributed by atoms with Crippen molar-refractivity contribution in [2.45, 2.75) is 19.6 Å². The molecule has 2 aromatic carbocycles. The number of nitrogens with zero attached hydrogens (tertiary/aromatic N) is 2. The zero-order valence-corrected chi connectivity index (χ0v) is 16.6. The van der Waals surface area contributed by atoms with Gasteiger partial charge in [0.2, 0.25) is 0 Å². The van der Waals surface area contributed by atoms with Crippen LogP contribution in [-0.4, -0.2) is 29.3 Å². The van der Waals surface area contributed by atoms with E-state index in [0.717, 1.165) is 10.2 Å². The number of halogens is 3. The predicted molar refractivity (Wildman–Crippen MR) is 108 cm³/mol. The molecule has 3 heterocycles. The van der Waals surface area contributed by atoms with Gasteiger partial charge in [0.15, 0.2) is 11.5 Å². The molecule has 0 saturated heterocycles. The van der Waals surface area contributed by atoms with E-state index in [9.17, 15) is 8.78 Å². The quantitative estimate of drug-likeness (QED) is 0.400. The van der Waals surface area contributed by atoms with Crippen molar-refractivity contribution in [1.29, 1.82) is 0 Å². The van der Waals surface area contributed by atoms with Gasteiger partial charge >= 0.3 is 6.61 Å². The van der Waals surface area contributed by atoms with Gasteiger partial charge in [-0.25, -0.2) is 4.98 Å². The van der Waals surface area contributed by atoms with Gasteiger partial charge < -0.3 is 14.2 Å². The summed E-state index contributed by atoms with van der Waals surface area (Å²) < 4.78 is 42.1. The molecule has 1 atom stereocenters. The van der Waals surface area contributed by atoms with Gasteiger partial charge in [-0.2, -0.15) is 8.78 Å². The van der Waals surface area contributed by atoms with Crippen molar-refractivity contribution in [2.75, 3.05) is 6.61 Å². The molecule has 5 nitrogen and oxygen atoms in total. The number of thiazole rings is 1. The highest BCUT2D eigenvalue weighted by Gasteiger charge is 2.23. The van der Waals surface area contributed by atoms with Crippen LogP contribution in [0.25, 0.3) is 31.7 Å². The van der Waals surface area contributed by atoms with Gasteiger partial charge in [0.1, 0.15) is 28.2 Å². The minimum atomic E-state index is -2.92. The highest BCUT2D eigenvalue weighted by atomic mass is 35.5. The number of fused-ring (bicyclic) bond motifs is 4. The Morgan fingerprint density at radius 2 is 2.14 bits per heavy atom. The average molecular weight is 435 g/mol. The first-order chi connectivity index (χ1) is 14.0. The lowest BCUT2D eigenvalue weighted by atomic mass is 10.1. The summed E-state index contributed by atoms with van der Waals surface area (Å²) in [6, 6.07) is 8.62. The Morgan fingerprint density at radius 3 is 2.97 bits per heavy atom. The van der Waals surface area contributed by atoms with Crippen molar-refractivity contribution >= 4 is 44.1 Å². The van der Waals surface area contributed by atoms with Gasteiger partial charge in [-0.3, -0.25) is 4.98 Å². The van der Waals surface area contributed by atoms with Crippen LogP contribution in [0, 0.1) is 0 Å². The second kappa shape index (κ2) is 6.96. The van der Waals surface area contributed by atoms with Gasteiger partial charge in [-0.15, -0.1) is 11.3 Å². The monoisotopic (exact) mass is 434 g/mol. The number of hydrogen-bond donors (Lipinski definition) is 0. The molecule has 0 saturated carbocycles. The van der Waals surface area contributed by atoms with Gasteiger partial charge in [0.05, 0.1) is 17.2 Å². The number of benzene rings is 2. The molecule has 1 aliphatic heterocycles. The normalized spacial score (nSPS) is 16.0. The third-order valence-electron chi connectivity index (χ3n) is 4.44. The van der Waals surface area contributed by atoms with Crippen molar-refractivity contribution in [3.8, 4) is 27.8 Å². The van der Waals surface area contributed by atoms with Gasteiger partial charge in [-0.05, 0) is 37.3 Å². The van der Waals surface area contributed by atoms with Gasteiger partial charge in [0.25, 0.3) is 0 Å². The number of rotatable bonds is 3. The van der Waals surface area contributed by atoms with E-state index in [-0.39, 0.29) is 11.9 Å². The molecule has 29 heavy (non-hydrogen) atoms. The Bertz CT molecular complexity index is 1250. The Balaban J connectivity index is 1.66. The fraction of sp³-hybridized carbons (Fsp3) is 0.200. The molecule has 0 spiro atoms. The summed E-state index contributed by atoms with van der Waals surface area (Å²) in [6.07, 6.45) is 1.25. The van der Waals surface area contributed by atoms with Crippen molar-refractivity contribution in [2.24, 2.45) is 0 Å². The maximum absolute atomic E-state index is 12.5. The van der Waals surface area contributed by atoms with Crippen LogP contribution >= 0.6 is 22.9 Å². The second-order valence-electron chi connectivity index (χ2n) is 6.57. The number of aromatic nitrogens is 2. The molecule has 0 N–H and O–H groups in total. The Kier molecular flexibility index (Phi) is 4.40. The van der Waals surface area contributed by atoms with Crippen LogP contribution in [0.1, 0.15) is 6.92 Å². The van der Waals surface area contributed by atoms with Crippen LogP contribution in [0.3, 0.4) is 0 Å². The minimum absolute atomic E-state index is 0.0157. The molecule has 9 heteroatoms. The van der Waals surface area contributed by atoms with E-state index in [4.69, 9.17) is 26.1 Å². The molecule has 0 unspecified atom stereocenters. The number of pyridine rings is 1. The summed E-state index contributed by atoms with van der Waals surface area (Å²) in [4.78, 5) is 9.02. The highest BCUT2D eigenvalue weighted by molar-refractivity contribution is 7.22. The Hall–Kier alpha value is -2.71. The Labute approximate surface area is 172 Å². The maximum Gasteiger partial charge on any atom is 0.387 e. The molecule has 0 aliphatic carbocycles. The van der Waals surface area contributed by atoms with Crippen LogP contribution in [0.4, 0.5) is 8.78 Å². The molecule has 4 aromatic rings. The van der Waals surface area contributed by atoms with Crippen molar-refractivity contribution < 1.29 is 23.0 Å². The molecule has 0 radical (unpaired) electrons. The molecule has 148 valence electrons. The maximum atomic E-state index is 12.5. The number of alkyl halides is 2. The lowest BCUT2D eigenvalue weighted by Gasteiger charge is -2.23. The summed E-state index contributed by atoms with van der Waals surface area (Å²) in [7, 11) is 0. The zero-order valence-electron chi connectivity index (χ0n) is 15.0. The summed E-state index contributed by atoms with van der Waals surface area (Å²) in [5, 5.41) is 1.72. The Morgan fingerprint density at radius 1 is 1.28 bits per heavy atom. The number of hydrogen-bond acceptors (Lipinski definition) is 6. The van der Waals surface area contributed by atoms with Gasteiger partial charge in [0, 0.05) is 16.0 Å². The third kappa shape index (κ3) is 3.32. The zero-order chi connectivity index (χ0) is 20.1. The van der Waals surface area contributed by atoms with Crippen molar-refractivity contribution in [3.05, 3.63) is 41.6 Å². The van der Waals surface area contributed by atoms with Gasteiger partial charge in [-0.1, -0.05) is 11.6 Å². The SMILES string of the molecule is C[C@@H]1COc2c(ccc3nc(-c4cc(Cl)cc5cc(OC(F)F)cnc45)sc23)O1. The fourth-order valence-electron chi connectivity index (χ4n) is 3.27. The van der Waals surface area contributed by atoms with E-state index >= 15 is 0 Å². The first-order valence-corrected chi connectivity index (χ1v) is 9.95.